The molecular weight excluding hydrogens is 470 g/mol. The molecule has 0 spiro atoms. The van der Waals surface area contributed by atoms with Crippen molar-refractivity contribution in [2.45, 2.75) is 32.7 Å². The minimum Gasteiger partial charge on any atom is -0.493 e. The maximum Gasteiger partial charge on any atom is 0.323 e. The van der Waals surface area contributed by atoms with Gasteiger partial charge in [-0.3, -0.25) is 9.36 Å². The number of hydrogen-bond donors (Lipinski definition) is 4. The number of nitrogens with two attached hydrogens (primary N) is 1. The molecule has 0 saturated heterocycles. The molecule has 2 heterocycles. The Morgan fingerprint density at radius 3 is 2.65 bits per heavy atom. The number of aryl methyl sites for hydroxylation is 1. The van der Waals surface area contributed by atoms with Crippen molar-refractivity contribution in [1.82, 2.24) is 9.55 Å². The molecule has 0 bridgehead atoms. The molecule has 0 unspecified atom stereocenters. The van der Waals surface area contributed by atoms with Crippen LogP contribution in [0.3, 0.4) is 0 Å². The SMILES string of the molecule is CCCCn1c(=O)c(NC(=O)Nc2ccc(N)cc2)c(-c2cccc(OCCCO)c2)c2cccnc21. The molecule has 9 nitrogen and oxygen atoms in total. The third kappa shape index (κ3) is 6.07. The summed E-state index contributed by atoms with van der Waals surface area (Å²) in [6.45, 7) is 2.91. The molecule has 192 valence electrons. The van der Waals surface area contributed by atoms with Gasteiger partial charge in [0.25, 0.3) is 5.56 Å². The number of anilines is 3. The molecule has 37 heavy (non-hydrogen) atoms. The number of aliphatic hydroxyl groups is 1. The minimum atomic E-state index is -0.552. The highest BCUT2D eigenvalue weighted by atomic mass is 16.5. The van der Waals surface area contributed by atoms with Gasteiger partial charge in [-0.05, 0) is 60.5 Å². The number of nitrogens with one attached hydrogen (secondary N) is 2. The fourth-order valence-corrected chi connectivity index (χ4v) is 4.06. The fourth-order valence-electron chi connectivity index (χ4n) is 4.06. The lowest BCUT2D eigenvalue weighted by Gasteiger charge is -2.19. The van der Waals surface area contributed by atoms with Crippen molar-refractivity contribution in [3.63, 3.8) is 0 Å². The van der Waals surface area contributed by atoms with E-state index in [4.69, 9.17) is 15.6 Å². The van der Waals surface area contributed by atoms with Crippen LogP contribution in [0.5, 0.6) is 5.75 Å². The van der Waals surface area contributed by atoms with Gasteiger partial charge in [0, 0.05) is 48.1 Å². The predicted molar refractivity (Wildman–Crippen MR) is 147 cm³/mol. The second-order valence-corrected chi connectivity index (χ2v) is 8.59. The van der Waals surface area contributed by atoms with Crippen LogP contribution in [0.4, 0.5) is 21.9 Å². The van der Waals surface area contributed by atoms with E-state index in [-0.39, 0.29) is 17.9 Å². The Labute approximate surface area is 214 Å². The van der Waals surface area contributed by atoms with Crippen LogP contribution in [0.15, 0.2) is 71.7 Å². The van der Waals surface area contributed by atoms with Crippen molar-refractivity contribution in [2.24, 2.45) is 0 Å². The molecule has 5 N–H and O–H groups in total. The third-order valence-electron chi connectivity index (χ3n) is 5.86. The number of fused-ring (bicyclic) bond motifs is 1. The summed E-state index contributed by atoms with van der Waals surface area (Å²) in [5.41, 5.74) is 8.48. The number of amides is 2. The molecule has 2 aromatic carbocycles. The Balaban J connectivity index is 1.83. The van der Waals surface area contributed by atoms with Gasteiger partial charge < -0.3 is 26.2 Å². The van der Waals surface area contributed by atoms with Crippen molar-refractivity contribution >= 4 is 34.1 Å². The van der Waals surface area contributed by atoms with Crippen LogP contribution in [0.25, 0.3) is 22.2 Å². The predicted octanol–water partition coefficient (Wildman–Crippen LogP) is 4.85. The van der Waals surface area contributed by atoms with E-state index < -0.39 is 6.03 Å². The number of ether oxygens (including phenoxy) is 1. The van der Waals surface area contributed by atoms with Crippen LogP contribution >= 0.6 is 0 Å². The summed E-state index contributed by atoms with van der Waals surface area (Å²) in [6.07, 6.45) is 3.85. The lowest BCUT2D eigenvalue weighted by atomic mass is 10.00. The topological polar surface area (TPSA) is 132 Å². The maximum absolute atomic E-state index is 13.8. The Kier molecular flexibility index (Phi) is 8.37. The molecule has 0 aliphatic rings. The molecule has 0 atom stereocenters. The lowest BCUT2D eigenvalue weighted by Crippen LogP contribution is -2.30. The summed E-state index contributed by atoms with van der Waals surface area (Å²) in [5.74, 6) is 0.593. The Bertz CT molecular complexity index is 1430. The van der Waals surface area contributed by atoms with Gasteiger partial charge in [0.2, 0.25) is 0 Å². The zero-order valence-electron chi connectivity index (χ0n) is 20.7. The number of unbranched alkanes of at least 4 members (excludes halogenated alkanes) is 1. The second-order valence-electron chi connectivity index (χ2n) is 8.59. The van der Waals surface area contributed by atoms with E-state index in [1.54, 1.807) is 41.1 Å². The largest absolute Gasteiger partial charge is 0.493 e. The molecule has 0 aliphatic heterocycles. The van der Waals surface area contributed by atoms with Gasteiger partial charge in [-0.15, -0.1) is 0 Å². The van der Waals surface area contributed by atoms with Gasteiger partial charge >= 0.3 is 6.03 Å². The number of urea groups is 1. The first kappa shape index (κ1) is 25.7. The van der Waals surface area contributed by atoms with E-state index in [2.05, 4.69) is 22.5 Å². The fraction of sp³-hybridized carbons (Fsp3) is 0.250. The quantitative estimate of drug-likeness (QED) is 0.181. The molecule has 9 heteroatoms. The van der Waals surface area contributed by atoms with Gasteiger partial charge in [-0.2, -0.15) is 0 Å². The van der Waals surface area contributed by atoms with Crippen molar-refractivity contribution in [3.05, 3.63) is 77.2 Å². The molecule has 0 radical (unpaired) electrons. The number of pyridine rings is 2. The molecule has 2 aromatic heterocycles. The average Bonchev–Trinajstić information content (AvgIpc) is 2.90. The van der Waals surface area contributed by atoms with Crippen molar-refractivity contribution in [1.29, 1.82) is 0 Å². The maximum atomic E-state index is 13.8. The second kappa shape index (κ2) is 12.0. The number of hydrogen-bond acceptors (Lipinski definition) is 6. The summed E-state index contributed by atoms with van der Waals surface area (Å²) in [5, 5.41) is 15.4. The molecule has 0 fully saturated rings. The van der Waals surface area contributed by atoms with Crippen LogP contribution in [-0.4, -0.2) is 33.9 Å². The van der Waals surface area contributed by atoms with Crippen LogP contribution in [0.1, 0.15) is 26.2 Å². The number of nitrogens with zero attached hydrogens (tertiary/aromatic N) is 2. The summed E-state index contributed by atoms with van der Waals surface area (Å²) >= 11 is 0. The van der Waals surface area contributed by atoms with E-state index in [0.717, 1.165) is 18.2 Å². The number of benzene rings is 2. The number of nitrogen functional groups attached to an aromatic ring is 1. The van der Waals surface area contributed by atoms with Gasteiger partial charge in [0.15, 0.2) is 0 Å². The standard InChI is InChI=1S/C28H31N5O4/c1-2-3-15-33-26-23(9-5-14-30-26)24(19-7-4-8-22(18-19)37-17-6-16-34)25(27(33)35)32-28(36)31-21-12-10-20(29)11-13-21/h4-5,7-14,18,34H,2-3,6,15-17,29H2,1H3,(H2,31,32,36). The highest BCUT2D eigenvalue weighted by molar-refractivity contribution is 6.07. The zero-order valence-corrected chi connectivity index (χ0v) is 20.7. The molecule has 0 aliphatic carbocycles. The van der Waals surface area contributed by atoms with E-state index in [1.807, 2.05) is 30.3 Å². The lowest BCUT2D eigenvalue weighted by molar-refractivity contribution is 0.233. The number of aliphatic hydroxyl groups excluding tert-OH is 1. The van der Waals surface area contributed by atoms with Crippen LogP contribution in [0, 0.1) is 0 Å². The van der Waals surface area contributed by atoms with Crippen molar-refractivity contribution < 1.29 is 14.6 Å². The number of rotatable bonds is 10. The number of carbonyl (C=O) groups is 1. The Hall–Kier alpha value is -4.37. The van der Waals surface area contributed by atoms with Crippen LogP contribution in [-0.2, 0) is 6.54 Å². The number of carbonyl (C=O) groups excluding carboxylic acids is 1. The summed E-state index contributed by atoms with van der Waals surface area (Å²) in [4.78, 5) is 31.4. The monoisotopic (exact) mass is 501 g/mol. The molecule has 2 amide bonds. The van der Waals surface area contributed by atoms with E-state index in [0.29, 0.717) is 53.5 Å². The average molecular weight is 502 g/mol. The Morgan fingerprint density at radius 1 is 1.08 bits per heavy atom. The zero-order chi connectivity index (χ0) is 26.2. The highest BCUT2D eigenvalue weighted by Crippen LogP contribution is 2.34. The minimum absolute atomic E-state index is 0.0309. The molecule has 4 rings (SSSR count). The van der Waals surface area contributed by atoms with Crippen molar-refractivity contribution in [3.8, 4) is 16.9 Å². The van der Waals surface area contributed by atoms with Crippen LogP contribution < -0.4 is 26.7 Å². The highest BCUT2D eigenvalue weighted by Gasteiger charge is 2.21. The van der Waals surface area contributed by atoms with Gasteiger partial charge in [-0.25, -0.2) is 9.78 Å². The van der Waals surface area contributed by atoms with E-state index in [1.165, 1.54) is 0 Å². The van der Waals surface area contributed by atoms with Gasteiger partial charge in [-0.1, -0.05) is 25.5 Å². The Morgan fingerprint density at radius 2 is 1.89 bits per heavy atom. The summed E-state index contributed by atoms with van der Waals surface area (Å²) in [6, 6.07) is 17.2. The van der Waals surface area contributed by atoms with Crippen molar-refractivity contribution in [2.75, 3.05) is 29.6 Å². The first-order chi connectivity index (χ1) is 18.0. The van der Waals surface area contributed by atoms with Gasteiger partial charge in [0.1, 0.15) is 17.1 Å². The first-order valence-electron chi connectivity index (χ1n) is 12.3. The first-order valence-corrected chi connectivity index (χ1v) is 12.3. The normalized spacial score (nSPS) is 10.9. The smallest absolute Gasteiger partial charge is 0.323 e. The molecular formula is C28H31N5O4. The number of aromatic nitrogens is 2. The molecule has 4 aromatic rings. The van der Waals surface area contributed by atoms with Crippen LogP contribution in [0.2, 0.25) is 0 Å². The summed E-state index contributed by atoms with van der Waals surface area (Å²) < 4.78 is 7.38. The van der Waals surface area contributed by atoms with E-state index >= 15 is 0 Å². The van der Waals surface area contributed by atoms with Gasteiger partial charge in [0.05, 0.1) is 6.61 Å². The van der Waals surface area contributed by atoms with E-state index in [9.17, 15) is 9.59 Å². The third-order valence-corrected chi connectivity index (χ3v) is 5.86. The summed E-state index contributed by atoms with van der Waals surface area (Å²) in [7, 11) is 0. The molecule has 0 saturated carbocycles.